The standard InChI is InChI=1S/C9H16N3O3.C8H3F5O2.C8H4F4O2.C6H7NO4.CH4/c1-10(2)9(11(3)4)15-12-7(13)5-6-8(12)14;1-2(14)15-8-6(12)4(10)3(9)5(11)7(8)13;1-3(13)14-8-6(11)4(9)2-5(10)7(8)12;1-4(8)11-7-5(9)2-3-6(7)10;/h5-6H2,1-4H3;1H3;2H,1H3;2-3H2,1H3;1H4/q+1;;;;. The zero-order valence-corrected chi connectivity index (χ0v) is 29.6. The van der Waals surface area contributed by atoms with Crippen LogP contribution in [-0.2, 0) is 43.2 Å². The number of carbonyl (C=O) groups excluding carboxylic acids is 7. The summed E-state index contributed by atoms with van der Waals surface area (Å²) >= 11 is 0. The number of halogens is 9. The first-order valence-corrected chi connectivity index (χ1v) is 14.8. The molecule has 2 aliphatic heterocycles. The fourth-order valence-electron chi connectivity index (χ4n) is 3.69. The number of ether oxygens (including phenoxy) is 2. The van der Waals surface area contributed by atoms with Gasteiger partial charge in [0.1, 0.15) is 0 Å². The number of hydrogen-bond acceptors (Lipinski definition) is 11. The molecule has 2 saturated heterocycles. The zero-order valence-electron chi connectivity index (χ0n) is 29.6. The second kappa shape index (κ2) is 21.6. The quantitative estimate of drug-likeness (QED) is 0.0502. The summed E-state index contributed by atoms with van der Waals surface area (Å²) in [5, 5.41) is 1.34. The van der Waals surface area contributed by atoms with E-state index in [2.05, 4.69) is 14.3 Å². The van der Waals surface area contributed by atoms with Gasteiger partial charge in [-0.2, -0.15) is 17.6 Å². The van der Waals surface area contributed by atoms with Gasteiger partial charge in [0, 0.05) is 52.5 Å². The van der Waals surface area contributed by atoms with Crippen LogP contribution in [0.15, 0.2) is 6.07 Å². The van der Waals surface area contributed by atoms with Crippen LogP contribution >= 0.6 is 0 Å². The SMILES string of the molecule is C.CC(=O)ON1C(=O)CCC1=O.CC(=O)Oc1c(F)c(F)c(F)c(F)c1F.CC(=O)Oc1c(F)c(F)cc(F)c1F.CN(C)C(ON1C(=O)CCC1=O)=[N+](C)C. The van der Waals surface area contributed by atoms with E-state index in [9.17, 15) is 73.1 Å². The molecule has 2 heterocycles. The van der Waals surface area contributed by atoms with Crippen LogP contribution in [0, 0.1) is 52.4 Å². The molecule has 56 heavy (non-hydrogen) atoms. The minimum atomic E-state index is -2.30. The molecular formula is C32H34F9N4O11+. The predicted octanol–water partition coefficient (Wildman–Crippen LogP) is 3.98. The molecule has 4 amide bonds. The van der Waals surface area contributed by atoms with E-state index < -0.39 is 93.6 Å². The Hall–Kier alpha value is -6.23. The molecule has 15 nitrogen and oxygen atoms in total. The number of amidine groups is 1. The van der Waals surface area contributed by atoms with E-state index in [1.165, 1.54) is 0 Å². The van der Waals surface area contributed by atoms with E-state index in [4.69, 9.17) is 4.84 Å². The van der Waals surface area contributed by atoms with Gasteiger partial charge >= 0.3 is 23.9 Å². The molecule has 310 valence electrons. The van der Waals surface area contributed by atoms with Crippen molar-refractivity contribution in [2.45, 2.75) is 53.9 Å². The molecule has 0 spiro atoms. The summed E-state index contributed by atoms with van der Waals surface area (Å²) in [5.41, 5.74) is 0. The Labute approximate surface area is 311 Å². The van der Waals surface area contributed by atoms with Crippen LogP contribution in [0.3, 0.4) is 0 Å². The number of hydrogen-bond donors (Lipinski definition) is 0. The van der Waals surface area contributed by atoms with Crippen molar-refractivity contribution in [3.05, 3.63) is 58.4 Å². The van der Waals surface area contributed by atoms with Gasteiger partial charge in [0.15, 0.2) is 11.6 Å². The maximum absolute atomic E-state index is 12.8. The van der Waals surface area contributed by atoms with Gasteiger partial charge in [-0.05, 0) is 0 Å². The Morgan fingerprint density at radius 3 is 1.14 bits per heavy atom. The van der Waals surface area contributed by atoms with E-state index in [1.54, 1.807) is 37.7 Å². The molecule has 2 aliphatic rings. The molecule has 2 fully saturated rings. The number of hydroxylamine groups is 4. The van der Waals surface area contributed by atoms with Gasteiger partial charge in [0.2, 0.25) is 52.2 Å². The zero-order chi connectivity index (χ0) is 42.6. The molecule has 24 heteroatoms. The lowest BCUT2D eigenvalue weighted by Crippen LogP contribution is -2.41. The molecular weight excluding hydrogens is 787 g/mol. The number of imide groups is 2. The summed E-state index contributed by atoms with van der Waals surface area (Å²) in [4.78, 5) is 86.4. The van der Waals surface area contributed by atoms with E-state index in [0.717, 1.165) is 25.8 Å². The number of amides is 4. The van der Waals surface area contributed by atoms with Gasteiger partial charge in [-0.25, -0.2) is 36.2 Å². The molecule has 0 aliphatic carbocycles. The molecule has 0 bridgehead atoms. The topological polar surface area (TPSA) is 169 Å². The normalized spacial score (nSPS) is 12.9. The fraction of sp³-hybridized carbons (Fsp3) is 0.375. The maximum atomic E-state index is 12.8. The Morgan fingerprint density at radius 1 is 0.554 bits per heavy atom. The van der Waals surface area contributed by atoms with Gasteiger partial charge in [-0.1, -0.05) is 12.5 Å². The van der Waals surface area contributed by atoms with Gasteiger partial charge in [0.25, 0.3) is 23.6 Å². The van der Waals surface area contributed by atoms with Crippen LogP contribution in [0.4, 0.5) is 39.5 Å². The molecule has 0 aromatic heterocycles. The molecule has 0 N–H and O–H groups in total. The second-order valence-electron chi connectivity index (χ2n) is 10.8. The molecule has 4 rings (SSSR count). The third-order valence-corrected chi connectivity index (χ3v) is 5.90. The minimum absolute atomic E-state index is 0. The largest absolute Gasteiger partial charge is 0.470 e. The number of esters is 2. The Morgan fingerprint density at radius 2 is 0.857 bits per heavy atom. The van der Waals surface area contributed by atoms with E-state index >= 15 is 0 Å². The summed E-state index contributed by atoms with van der Waals surface area (Å²) in [6, 6.07) is 0.469. The van der Waals surface area contributed by atoms with Crippen molar-refractivity contribution in [1.29, 1.82) is 0 Å². The predicted molar refractivity (Wildman–Crippen MR) is 168 cm³/mol. The van der Waals surface area contributed by atoms with Gasteiger partial charge < -0.3 is 14.3 Å². The molecule has 0 atom stereocenters. The first-order chi connectivity index (χ1) is 25.3. The molecule has 2 aromatic rings. The number of rotatable bonds is 4. The fourth-order valence-corrected chi connectivity index (χ4v) is 3.69. The van der Waals surface area contributed by atoms with Crippen LogP contribution in [0.5, 0.6) is 11.5 Å². The highest BCUT2D eigenvalue weighted by atomic mass is 19.2. The Bertz CT molecular complexity index is 1820. The number of nitrogens with zero attached hydrogens (tertiary/aromatic N) is 4. The van der Waals surface area contributed by atoms with Gasteiger partial charge in [-0.3, -0.25) is 33.6 Å². The van der Waals surface area contributed by atoms with E-state index in [0.29, 0.717) is 11.1 Å². The first kappa shape index (κ1) is 49.8. The summed E-state index contributed by atoms with van der Waals surface area (Å²) in [6.45, 7) is 2.75. The maximum Gasteiger partial charge on any atom is 0.470 e. The van der Waals surface area contributed by atoms with Crippen molar-refractivity contribution in [1.82, 2.24) is 15.0 Å². The third-order valence-electron chi connectivity index (χ3n) is 5.90. The molecule has 0 unspecified atom stereocenters. The van der Waals surface area contributed by atoms with Crippen LogP contribution in [-0.4, -0.2) is 95.4 Å². The second-order valence-corrected chi connectivity index (χ2v) is 10.8. The van der Waals surface area contributed by atoms with Gasteiger partial charge in [0.05, 0.1) is 28.2 Å². The van der Waals surface area contributed by atoms with Crippen LogP contribution in [0.25, 0.3) is 0 Å². The molecule has 2 aromatic carbocycles. The van der Waals surface area contributed by atoms with Crippen LogP contribution in [0.1, 0.15) is 53.9 Å². The highest BCUT2D eigenvalue weighted by molar-refractivity contribution is 6.02. The smallest absolute Gasteiger partial charge is 0.420 e. The lowest BCUT2D eigenvalue weighted by Gasteiger charge is -2.16. The van der Waals surface area contributed by atoms with E-state index in [1.807, 2.05) is 0 Å². The summed E-state index contributed by atoms with van der Waals surface area (Å²) < 4.78 is 123. The molecule has 0 radical (unpaired) electrons. The number of carbonyl (C=O) groups is 7. The van der Waals surface area contributed by atoms with Crippen molar-refractivity contribution in [2.75, 3.05) is 28.2 Å². The highest BCUT2D eigenvalue weighted by Crippen LogP contribution is 2.29. The Balaban J connectivity index is 0.000000720. The third kappa shape index (κ3) is 13.6. The summed E-state index contributed by atoms with van der Waals surface area (Å²) in [7, 11) is 7.11. The van der Waals surface area contributed by atoms with Crippen molar-refractivity contribution in [3.8, 4) is 11.5 Å². The summed E-state index contributed by atoms with van der Waals surface area (Å²) in [5.74, 6) is -25.1. The lowest BCUT2D eigenvalue weighted by atomic mass is 10.2. The van der Waals surface area contributed by atoms with Crippen LogP contribution < -0.4 is 9.47 Å². The Kier molecular flexibility index (Phi) is 19.2. The van der Waals surface area contributed by atoms with Crippen molar-refractivity contribution < 1.29 is 96.8 Å². The minimum Gasteiger partial charge on any atom is -0.420 e. The first-order valence-electron chi connectivity index (χ1n) is 14.8. The average molecular weight is 822 g/mol. The number of benzene rings is 2. The lowest BCUT2D eigenvalue weighted by molar-refractivity contribution is -0.484. The van der Waals surface area contributed by atoms with Gasteiger partial charge in [-0.15, -0.1) is 5.06 Å². The highest BCUT2D eigenvalue weighted by Gasteiger charge is 2.35. The van der Waals surface area contributed by atoms with Crippen molar-refractivity contribution in [3.63, 3.8) is 0 Å². The average Bonchev–Trinajstić information content (AvgIpc) is 3.58. The van der Waals surface area contributed by atoms with Crippen LogP contribution in [0.2, 0.25) is 0 Å². The van der Waals surface area contributed by atoms with Crippen molar-refractivity contribution in [2.24, 2.45) is 0 Å². The molecule has 0 saturated carbocycles. The van der Waals surface area contributed by atoms with Crippen molar-refractivity contribution >= 4 is 47.6 Å². The van der Waals surface area contributed by atoms with E-state index in [-0.39, 0.29) is 51.0 Å². The summed E-state index contributed by atoms with van der Waals surface area (Å²) in [6.07, 6.45) is 0.720. The monoisotopic (exact) mass is 821 g/mol.